The van der Waals surface area contributed by atoms with E-state index in [4.69, 9.17) is 5.73 Å². The van der Waals surface area contributed by atoms with Crippen molar-refractivity contribution in [2.45, 2.75) is 39.7 Å². The summed E-state index contributed by atoms with van der Waals surface area (Å²) in [6.45, 7) is 6.44. The van der Waals surface area contributed by atoms with Crippen molar-refractivity contribution in [1.29, 1.82) is 0 Å². The summed E-state index contributed by atoms with van der Waals surface area (Å²) in [6.07, 6.45) is 3.28. The van der Waals surface area contributed by atoms with Crippen molar-refractivity contribution in [2.75, 3.05) is 17.6 Å². The number of nitrogen functional groups attached to an aromatic ring is 1. The van der Waals surface area contributed by atoms with Gasteiger partial charge in [-0.3, -0.25) is 9.59 Å². The van der Waals surface area contributed by atoms with Gasteiger partial charge in [-0.15, -0.1) is 11.3 Å². The fourth-order valence-electron chi connectivity index (χ4n) is 3.96. The fraction of sp³-hybridized carbons (Fsp3) is 0.364. The predicted molar refractivity (Wildman–Crippen MR) is 119 cm³/mol. The molecule has 1 aromatic carbocycles. The van der Waals surface area contributed by atoms with Gasteiger partial charge in [0.1, 0.15) is 5.82 Å². The van der Waals surface area contributed by atoms with Crippen LogP contribution in [0.4, 0.5) is 11.5 Å². The summed E-state index contributed by atoms with van der Waals surface area (Å²) in [4.78, 5) is 36.2. The fourth-order valence-corrected chi connectivity index (χ4v) is 4.77. The van der Waals surface area contributed by atoms with Crippen molar-refractivity contribution < 1.29 is 9.59 Å². The van der Waals surface area contributed by atoms with Gasteiger partial charge in [0.25, 0.3) is 0 Å². The minimum absolute atomic E-state index is 0.142. The molecular formula is C22H25N5O2S. The van der Waals surface area contributed by atoms with Gasteiger partial charge in [0.2, 0.25) is 0 Å². The SMILES string of the molecule is Cc1nc2cc(C3CCC(C)CN3C(=O)C(=O)Nc3cnc(N)c(C)c3)ccc2s1. The molecule has 1 aliphatic heterocycles. The molecule has 3 N–H and O–H groups in total. The number of carbonyl (C=O) groups excluding carboxylic acids is 2. The largest absolute Gasteiger partial charge is 0.383 e. The average Bonchev–Trinajstić information content (AvgIpc) is 3.09. The van der Waals surface area contributed by atoms with Gasteiger partial charge < -0.3 is 16.0 Å². The second kappa shape index (κ2) is 8.02. The number of benzene rings is 1. The molecule has 0 bridgehead atoms. The third-order valence-electron chi connectivity index (χ3n) is 5.55. The lowest BCUT2D eigenvalue weighted by Crippen LogP contribution is -2.46. The number of aromatic nitrogens is 2. The van der Waals surface area contributed by atoms with E-state index in [-0.39, 0.29) is 6.04 Å². The zero-order valence-electron chi connectivity index (χ0n) is 17.3. The molecule has 156 valence electrons. The summed E-state index contributed by atoms with van der Waals surface area (Å²) in [6, 6.07) is 7.72. The van der Waals surface area contributed by atoms with Gasteiger partial charge >= 0.3 is 11.8 Å². The maximum absolute atomic E-state index is 13.1. The molecule has 30 heavy (non-hydrogen) atoms. The second-order valence-electron chi connectivity index (χ2n) is 8.00. The van der Waals surface area contributed by atoms with Crippen LogP contribution in [-0.2, 0) is 9.59 Å². The van der Waals surface area contributed by atoms with Gasteiger partial charge in [0.05, 0.1) is 33.2 Å². The lowest BCUT2D eigenvalue weighted by Gasteiger charge is -2.38. The number of aryl methyl sites for hydroxylation is 2. The smallest absolute Gasteiger partial charge is 0.313 e. The third-order valence-corrected chi connectivity index (χ3v) is 6.50. The molecule has 7 nitrogen and oxygen atoms in total. The van der Waals surface area contributed by atoms with Crippen LogP contribution in [0.25, 0.3) is 10.2 Å². The Hall–Kier alpha value is -3.00. The molecular weight excluding hydrogens is 398 g/mol. The Balaban J connectivity index is 1.58. The summed E-state index contributed by atoms with van der Waals surface area (Å²) in [7, 11) is 0. The average molecular weight is 424 g/mol. The first kappa shape index (κ1) is 20.3. The second-order valence-corrected chi connectivity index (χ2v) is 9.23. The minimum Gasteiger partial charge on any atom is -0.383 e. The zero-order valence-corrected chi connectivity index (χ0v) is 18.1. The van der Waals surface area contributed by atoms with Gasteiger partial charge in [0, 0.05) is 6.54 Å². The van der Waals surface area contributed by atoms with Crippen LogP contribution >= 0.6 is 11.3 Å². The molecule has 2 unspecified atom stereocenters. The van der Waals surface area contributed by atoms with E-state index in [1.165, 1.54) is 6.20 Å². The maximum Gasteiger partial charge on any atom is 0.313 e. The van der Waals surface area contributed by atoms with Crippen LogP contribution < -0.4 is 11.1 Å². The van der Waals surface area contributed by atoms with E-state index in [2.05, 4.69) is 28.3 Å². The number of nitrogens with zero attached hydrogens (tertiary/aromatic N) is 3. The summed E-state index contributed by atoms with van der Waals surface area (Å²) in [5.74, 6) is -0.457. The molecule has 0 aliphatic carbocycles. The number of fused-ring (bicyclic) bond motifs is 1. The van der Waals surface area contributed by atoms with E-state index in [0.29, 0.717) is 24.0 Å². The highest BCUT2D eigenvalue weighted by Gasteiger charge is 2.34. The standard InChI is InChI=1S/C22H25N5O2S/c1-12-4-6-18(15-5-7-19-17(9-15)25-14(3)30-19)27(11-12)22(29)21(28)26-16-8-13(2)20(23)24-10-16/h5,7-10,12,18H,4,6,11H2,1-3H3,(H2,23,24)(H,26,28). The Morgan fingerprint density at radius 3 is 2.80 bits per heavy atom. The molecule has 2 atom stereocenters. The minimum atomic E-state index is -0.661. The number of carbonyl (C=O) groups is 2. The van der Waals surface area contributed by atoms with Crippen LogP contribution in [0.15, 0.2) is 30.5 Å². The molecule has 0 saturated carbocycles. The van der Waals surface area contributed by atoms with Crippen molar-refractivity contribution in [2.24, 2.45) is 5.92 Å². The molecule has 2 amide bonds. The van der Waals surface area contributed by atoms with Crippen molar-refractivity contribution in [3.63, 3.8) is 0 Å². The van der Waals surface area contributed by atoms with Crippen molar-refractivity contribution in [1.82, 2.24) is 14.9 Å². The van der Waals surface area contributed by atoms with Gasteiger partial charge in [-0.2, -0.15) is 0 Å². The summed E-state index contributed by atoms with van der Waals surface area (Å²) in [5.41, 5.74) is 8.90. The summed E-state index contributed by atoms with van der Waals surface area (Å²) < 4.78 is 1.13. The number of piperidine rings is 1. The van der Waals surface area contributed by atoms with E-state index >= 15 is 0 Å². The molecule has 2 aromatic heterocycles. The van der Waals surface area contributed by atoms with Crippen LogP contribution in [0, 0.1) is 19.8 Å². The highest BCUT2D eigenvalue weighted by Crippen LogP contribution is 2.35. The molecule has 3 aromatic rings. The number of amides is 2. The number of hydrogen-bond donors (Lipinski definition) is 2. The lowest BCUT2D eigenvalue weighted by molar-refractivity contribution is -0.146. The molecule has 3 heterocycles. The predicted octanol–water partition coefficient (Wildman–Crippen LogP) is 3.83. The molecule has 1 aliphatic rings. The molecule has 8 heteroatoms. The van der Waals surface area contributed by atoms with E-state index in [0.717, 1.165) is 39.2 Å². The number of nitrogens with two attached hydrogens (primary N) is 1. The zero-order chi connectivity index (χ0) is 21.4. The van der Waals surface area contributed by atoms with E-state index in [1.807, 2.05) is 19.1 Å². The maximum atomic E-state index is 13.1. The molecule has 0 radical (unpaired) electrons. The van der Waals surface area contributed by atoms with Gasteiger partial charge in [-0.05, 0) is 61.9 Å². The number of likely N-dealkylation sites (tertiary alicyclic amines) is 1. The van der Waals surface area contributed by atoms with Crippen LogP contribution in [0.5, 0.6) is 0 Å². The van der Waals surface area contributed by atoms with Gasteiger partial charge in [0.15, 0.2) is 0 Å². The Bertz CT molecular complexity index is 1130. The Kier molecular flexibility index (Phi) is 5.42. The van der Waals surface area contributed by atoms with Crippen molar-refractivity contribution in [3.05, 3.63) is 46.6 Å². The van der Waals surface area contributed by atoms with Crippen LogP contribution in [0.2, 0.25) is 0 Å². The highest BCUT2D eigenvalue weighted by atomic mass is 32.1. The van der Waals surface area contributed by atoms with Gasteiger partial charge in [-0.1, -0.05) is 13.0 Å². The highest BCUT2D eigenvalue weighted by molar-refractivity contribution is 7.18. The number of nitrogens with one attached hydrogen (secondary N) is 1. The summed E-state index contributed by atoms with van der Waals surface area (Å²) >= 11 is 1.65. The Morgan fingerprint density at radius 1 is 1.23 bits per heavy atom. The molecule has 0 spiro atoms. The topological polar surface area (TPSA) is 101 Å². The summed E-state index contributed by atoms with van der Waals surface area (Å²) in [5, 5.41) is 3.68. The number of anilines is 2. The number of hydrogen-bond acceptors (Lipinski definition) is 6. The van der Waals surface area contributed by atoms with E-state index in [9.17, 15) is 9.59 Å². The normalized spacial score (nSPS) is 19.1. The first-order chi connectivity index (χ1) is 14.3. The Labute approximate surface area is 179 Å². The van der Waals surface area contributed by atoms with Crippen molar-refractivity contribution >= 4 is 44.9 Å². The van der Waals surface area contributed by atoms with Gasteiger partial charge in [-0.25, -0.2) is 9.97 Å². The quantitative estimate of drug-likeness (QED) is 0.610. The molecule has 4 rings (SSSR count). The third kappa shape index (κ3) is 4.00. The number of thiazole rings is 1. The first-order valence-corrected chi connectivity index (χ1v) is 10.8. The molecule has 1 fully saturated rings. The van der Waals surface area contributed by atoms with E-state index < -0.39 is 11.8 Å². The van der Waals surface area contributed by atoms with Crippen molar-refractivity contribution in [3.8, 4) is 0 Å². The van der Waals surface area contributed by atoms with Crippen LogP contribution in [0.3, 0.4) is 0 Å². The first-order valence-electron chi connectivity index (χ1n) is 10.0. The van der Waals surface area contributed by atoms with E-state index in [1.54, 1.807) is 29.2 Å². The van der Waals surface area contributed by atoms with Crippen LogP contribution in [-0.4, -0.2) is 33.2 Å². The lowest BCUT2D eigenvalue weighted by atomic mass is 9.89. The number of rotatable bonds is 2. The Morgan fingerprint density at radius 2 is 2.03 bits per heavy atom. The monoisotopic (exact) mass is 423 g/mol. The number of pyridine rings is 1. The van der Waals surface area contributed by atoms with Crippen LogP contribution in [0.1, 0.15) is 41.9 Å². The molecule has 1 saturated heterocycles.